The van der Waals surface area contributed by atoms with Crippen molar-refractivity contribution in [1.82, 2.24) is 9.97 Å². The molecule has 0 spiro atoms. The Labute approximate surface area is 195 Å². The minimum absolute atomic E-state index is 0.00591. The molecule has 0 atom stereocenters. The van der Waals surface area contributed by atoms with E-state index in [4.69, 9.17) is 9.47 Å². The number of rotatable bonds is 7. The average Bonchev–Trinajstić information content (AvgIpc) is 3.16. The van der Waals surface area contributed by atoms with Crippen LogP contribution in [-0.4, -0.2) is 37.2 Å². The van der Waals surface area contributed by atoms with E-state index < -0.39 is 21.6 Å². The molecule has 0 saturated carbocycles. The minimum atomic E-state index is -3.53. The highest BCUT2D eigenvalue weighted by molar-refractivity contribution is 7.92. The molecule has 0 radical (unpaired) electrons. The Balaban J connectivity index is 1.96. The highest BCUT2D eigenvalue weighted by atomic mass is 32.2. The van der Waals surface area contributed by atoms with E-state index >= 15 is 0 Å². The number of benzene rings is 2. The first-order valence-corrected chi connectivity index (χ1v) is 12.1. The van der Waals surface area contributed by atoms with Crippen LogP contribution in [-0.2, 0) is 14.8 Å². The minimum Gasteiger partial charge on any atom is -0.464 e. The fourth-order valence-corrected chi connectivity index (χ4v) is 4.25. The van der Waals surface area contributed by atoms with E-state index in [0.717, 1.165) is 0 Å². The summed E-state index contributed by atoms with van der Waals surface area (Å²) in [6.45, 7) is 3.28. The van der Waals surface area contributed by atoms with Gasteiger partial charge in [-0.2, -0.15) is 0 Å². The Hall–Kier alpha value is -4.05. The predicted octanol–water partition coefficient (Wildman–Crippen LogP) is 4.17. The van der Waals surface area contributed by atoms with Gasteiger partial charge in [0.25, 0.3) is 5.56 Å². The number of para-hydroxylation sites is 1. The van der Waals surface area contributed by atoms with Crippen molar-refractivity contribution in [2.24, 2.45) is 0 Å². The van der Waals surface area contributed by atoms with Crippen molar-refractivity contribution in [2.75, 3.05) is 17.6 Å². The lowest BCUT2D eigenvalue weighted by molar-refractivity contribution is 0.0594. The zero-order valence-electron chi connectivity index (χ0n) is 18.8. The van der Waals surface area contributed by atoms with Crippen LogP contribution in [0, 0.1) is 6.92 Å². The number of aryl methyl sites for hydroxylation is 1. The van der Waals surface area contributed by atoms with E-state index in [2.05, 4.69) is 14.7 Å². The van der Waals surface area contributed by atoms with Gasteiger partial charge in [-0.3, -0.25) is 9.52 Å². The summed E-state index contributed by atoms with van der Waals surface area (Å²) in [6.07, 6.45) is 0. The number of fused-ring (bicyclic) bond motifs is 1. The van der Waals surface area contributed by atoms with Crippen molar-refractivity contribution in [1.29, 1.82) is 0 Å². The third-order valence-electron chi connectivity index (χ3n) is 5.27. The molecule has 2 heterocycles. The number of sulfonamides is 1. The molecule has 0 bridgehead atoms. The summed E-state index contributed by atoms with van der Waals surface area (Å²) in [6, 6.07) is 15.5. The van der Waals surface area contributed by atoms with Gasteiger partial charge in [0.2, 0.25) is 10.0 Å². The number of nitrogens with one attached hydrogen (secondary N) is 3. The summed E-state index contributed by atoms with van der Waals surface area (Å²) in [5.41, 5.74) is 1.44. The molecule has 0 unspecified atom stereocenters. The van der Waals surface area contributed by atoms with E-state index in [-0.39, 0.29) is 11.4 Å². The van der Waals surface area contributed by atoms with Gasteiger partial charge in [-0.1, -0.05) is 18.2 Å². The van der Waals surface area contributed by atoms with Gasteiger partial charge >= 0.3 is 5.97 Å². The number of ether oxygens (including phenoxy) is 2. The van der Waals surface area contributed by atoms with E-state index in [1.54, 1.807) is 44.2 Å². The van der Waals surface area contributed by atoms with E-state index in [1.807, 2.05) is 18.2 Å². The second-order valence-corrected chi connectivity index (χ2v) is 9.56. The highest BCUT2D eigenvalue weighted by Gasteiger charge is 2.20. The molecule has 0 aliphatic rings. The van der Waals surface area contributed by atoms with Gasteiger partial charge in [0.05, 0.1) is 23.9 Å². The number of aromatic nitrogens is 2. The van der Waals surface area contributed by atoms with Gasteiger partial charge < -0.3 is 19.4 Å². The molecule has 176 valence electrons. The van der Waals surface area contributed by atoms with Crippen molar-refractivity contribution < 1.29 is 22.7 Å². The Morgan fingerprint density at radius 2 is 1.79 bits per heavy atom. The molecular formula is C24H23N3O6S. The highest BCUT2D eigenvalue weighted by Crippen LogP contribution is 2.39. The van der Waals surface area contributed by atoms with E-state index in [9.17, 15) is 18.0 Å². The Morgan fingerprint density at radius 1 is 1.06 bits per heavy atom. The number of carbonyl (C=O) groups is 1. The van der Waals surface area contributed by atoms with Crippen LogP contribution in [0.1, 0.15) is 23.1 Å². The van der Waals surface area contributed by atoms with Crippen LogP contribution < -0.4 is 15.0 Å². The lowest BCUT2D eigenvalue weighted by atomic mass is 10.1. The predicted molar refractivity (Wildman–Crippen MR) is 130 cm³/mol. The van der Waals surface area contributed by atoms with Crippen LogP contribution >= 0.6 is 0 Å². The van der Waals surface area contributed by atoms with Gasteiger partial charge in [0.1, 0.15) is 17.2 Å². The third-order valence-corrected chi connectivity index (χ3v) is 6.58. The maximum absolute atomic E-state index is 12.7. The number of anilines is 1. The lowest BCUT2D eigenvalue weighted by Crippen LogP contribution is -2.14. The Bertz CT molecular complexity index is 1540. The van der Waals surface area contributed by atoms with E-state index in [0.29, 0.717) is 44.9 Å². The second kappa shape index (κ2) is 9.06. The molecule has 0 fully saturated rings. The molecule has 4 rings (SSSR count). The summed E-state index contributed by atoms with van der Waals surface area (Å²) in [5, 5.41) is 0.836. The lowest BCUT2D eigenvalue weighted by Gasteiger charge is -2.14. The molecule has 0 amide bonds. The van der Waals surface area contributed by atoms with Crippen molar-refractivity contribution in [3.63, 3.8) is 0 Å². The third kappa shape index (κ3) is 4.53. The van der Waals surface area contributed by atoms with Gasteiger partial charge in [-0.05, 0) is 50.2 Å². The van der Waals surface area contributed by atoms with Crippen LogP contribution in [0.5, 0.6) is 11.5 Å². The summed E-state index contributed by atoms with van der Waals surface area (Å²) in [4.78, 5) is 30.6. The van der Waals surface area contributed by atoms with Gasteiger partial charge in [0.15, 0.2) is 0 Å². The maximum Gasteiger partial charge on any atom is 0.354 e. The first-order chi connectivity index (χ1) is 16.2. The summed E-state index contributed by atoms with van der Waals surface area (Å²) in [7, 11) is -2.30. The standard InChI is InChI=1S/C24H23N3O6S/c1-4-34(30,31)27-15-10-11-20(33-16-8-6-5-7-9-16)17(12-15)22-18-13-19(24(29)32-3)26-23(28)21(18)14(2)25-22/h5-13,25,27H,4H2,1-3H3,(H,26,28). The average molecular weight is 482 g/mol. The van der Waals surface area contributed by atoms with Crippen molar-refractivity contribution in [3.05, 3.63) is 76.3 Å². The first-order valence-electron chi connectivity index (χ1n) is 10.4. The molecule has 9 nitrogen and oxygen atoms in total. The Kier molecular flexibility index (Phi) is 6.16. The molecular weight excluding hydrogens is 458 g/mol. The second-order valence-electron chi connectivity index (χ2n) is 7.55. The zero-order chi connectivity index (χ0) is 24.5. The monoisotopic (exact) mass is 481 g/mol. The topological polar surface area (TPSA) is 130 Å². The molecule has 4 aromatic rings. The van der Waals surface area contributed by atoms with Crippen molar-refractivity contribution in [2.45, 2.75) is 13.8 Å². The number of carbonyl (C=O) groups excluding carboxylic acids is 1. The van der Waals surface area contributed by atoms with Crippen LogP contribution in [0.3, 0.4) is 0 Å². The largest absolute Gasteiger partial charge is 0.464 e. The smallest absolute Gasteiger partial charge is 0.354 e. The quantitative estimate of drug-likeness (QED) is 0.340. The number of aromatic amines is 2. The molecule has 34 heavy (non-hydrogen) atoms. The van der Waals surface area contributed by atoms with Crippen LogP contribution in [0.15, 0.2) is 59.4 Å². The normalized spacial score (nSPS) is 11.4. The molecule has 3 N–H and O–H groups in total. The van der Waals surface area contributed by atoms with Crippen LogP contribution in [0.4, 0.5) is 5.69 Å². The SMILES string of the molecule is CCS(=O)(=O)Nc1ccc(Oc2ccccc2)c(-c2[nH]c(C)c3c(=O)[nH]c(C(=O)OC)cc23)c1. The molecule has 2 aromatic heterocycles. The molecule has 10 heteroatoms. The number of hydrogen-bond acceptors (Lipinski definition) is 6. The molecule has 2 aromatic carbocycles. The number of pyridine rings is 1. The summed E-state index contributed by atoms with van der Waals surface area (Å²) in [5.74, 6) is 0.224. The first kappa shape index (κ1) is 23.1. The van der Waals surface area contributed by atoms with Crippen molar-refractivity contribution in [3.8, 4) is 22.8 Å². The summed E-state index contributed by atoms with van der Waals surface area (Å²) >= 11 is 0. The van der Waals surface area contributed by atoms with Crippen LogP contribution in [0.2, 0.25) is 0 Å². The summed E-state index contributed by atoms with van der Waals surface area (Å²) < 4.78 is 37.7. The van der Waals surface area contributed by atoms with Gasteiger partial charge in [-0.25, -0.2) is 13.2 Å². The molecule has 0 aliphatic carbocycles. The molecule has 0 saturated heterocycles. The number of hydrogen-bond donors (Lipinski definition) is 3. The Morgan fingerprint density at radius 3 is 2.47 bits per heavy atom. The van der Waals surface area contributed by atoms with Crippen molar-refractivity contribution >= 4 is 32.5 Å². The zero-order valence-corrected chi connectivity index (χ0v) is 19.6. The maximum atomic E-state index is 12.7. The number of H-pyrrole nitrogens is 2. The molecule has 0 aliphatic heterocycles. The van der Waals surface area contributed by atoms with E-state index in [1.165, 1.54) is 13.2 Å². The van der Waals surface area contributed by atoms with Gasteiger partial charge in [-0.15, -0.1) is 0 Å². The fraction of sp³-hybridized carbons (Fsp3) is 0.167. The fourth-order valence-electron chi connectivity index (χ4n) is 3.62. The van der Waals surface area contributed by atoms with Crippen LogP contribution in [0.25, 0.3) is 22.0 Å². The van der Waals surface area contributed by atoms with Gasteiger partial charge in [0, 0.05) is 22.3 Å². The number of esters is 1. The number of methoxy groups -OCH3 is 1.